The summed E-state index contributed by atoms with van der Waals surface area (Å²) in [6, 6.07) is 8.37. The second-order valence-corrected chi connectivity index (χ2v) is 3.53. The summed E-state index contributed by atoms with van der Waals surface area (Å²) >= 11 is 0. The van der Waals surface area contributed by atoms with Crippen molar-refractivity contribution in [1.82, 2.24) is 0 Å². The van der Waals surface area contributed by atoms with E-state index in [2.05, 4.69) is 41.6 Å². The highest BCUT2D eigenvalue weighted by molar-refractivity contribution is 6.68. The Hall–Kier alpha value is -1.12. The molecule has 1 aliphatic rings. The molecule has 2 N–H and O–H groups in total. The third-order valence-electron chi connectivity index (χ3n) is 2.43. The van der Waals surface area contributed by atoms with E-state index in [-0.39, 0.29) is 0 Å². The fourth-order valence-corrected chi connectivity index (χ4v) is 1.70. The average molecular weight is 174 g/mol. The van der Waals surface area contributed by atoms with Gasteiger partial charge in [0, 0.05) is 11.4 Å². The molecule has 0 bridgehead atoms. The molecule has 0 amide bonds. The lowest BCUT2D eigenvalue weighted by molar-refractivity contribution is 0.875. The van der Waals surface area contributed by atoms with Gasteiger partial charge in [0.05, 0.1) is 0 Å². The molecule has 1 aromatic carbocycles. The molecule has 68 valence electrons. The Morgan fingerprint density at radius 3 is 2.31 bits per heavy atom. The van der Waals surface area contributed by atoms with Crippen LogP contribution in [0.2, 0.25) is 6.32 Å². The third-order valence-corrected chi connectivity index (χ3v) is 2.43. The molecular weight excluding hydrogens is 159 g/mol. The van der Waals surface area contributed by atoms with Gasteiger partial charge < -0.3 is 10.5 Å². The summed E-state index contributed by atoms with van der Waals surface area (Å²) in [4.78, 5) is 0. The highest BCUT2D eigenvalue weighted by Gasteiger charge is 2.22. The lowest BCUT2D eigenvalue weighted by Crippen LogP contribution is -2.27. The summed E-state index contributed by atoms with van der Waals surface area (Å²) in [6.45, 7) is 2.67. The van der Waals surface area contributed by atoms with E-state index in [9.17, 15) is 0 Å². The Morgan fingerprint density at radius 2 is 1.77 bits per heavy atom. The second-order valence-electron chi connectivity index (χ2n) is 3.53. The van der Waals surface area contributed by atoms with Crippen molar-refractivity contribution in [3.63, 3.8) is 0 Å². The monoisotopic (exact) mass is 174 g/mol. The smallest absolute Gasteiger partial charge is 0.370 e. The highest BCUT2D eigenvalue weighted by atomic mass is 15.0. The van der Waals surface area contributed by atoms with Crippen molar-refractivity contribution in [2.45, 2.75) is 26.1 Å². The molecule has 0 radical (unpaired) electrons. The second kappa shape index (κ2) is 3.73. The minimum Gasteiger partial charge on any atom is -0.408 e. The lowest BCUT2D eigenvalue weighted by atomic mass is 9.72. The fourth-order valence-electron chi connectivity index (χ4n) is 1.70. The van der Waals surface area contributed by atoms with Crippen LogP contribution in [0.3, 0.4) is 0 Å². The summed E-state index contributed by atoms with van der Waals surface area (Å²) in [6.07, 6.45) is 3.74. The van der Waals surface area contributed by atoms with Crippen LogP contribution in [0.1, 0.15) is 19.8 Å². The molecule has 1 aromatic rings. The van der Waals surface area contributed by atoms with Gasteiger partial charge in [-0.25, -0.2) is 0 Å². The van der Waals surface area contributed by atoms with Gasteiger partial charge in [-0.2, -0.15) is 0 Å². The Kier molecular flexibility index (Phi) is 2.43. The maximum atomic E-state index is 3.46. The van der Waals surface area contributed by atoms with Crippen LogP contribution in [0.25, 0.3) is 0 Å². The van der Waals surface area contributed by atoms with E-state index in [1.807, 2.05) is 0 Å². The minimum absolute atomic E-state index is 0.442. The van der Waals surface area contributed by atoms with Crippen LogP contribution in [0.15, 0.2) is 24.3 Å². The van der Waals surface area contributed by atoms with Crippen LogP contribution in [-0.2, 0) is 0 Å². The summed E-state index contributed by atoms with van der Waals surface area (Å²) in [5.41, 5.74) is 2.48. The van der Waals surface area contributed by atoms with Gasteiger partial charge in [-0.05, 0) is 18.5 Å². The number of fused-ring (bicyclic) bond motifs is 1. The fraction of sp³-hybridized carbons (Fsp3) is 0.400. The predicted molar refractivity (Wildman–Crippen MR) is 59.2 cm³/mol. The standard InChI is InChI=1S/C10H15BN2/c1-2-3-8-11-12-9-6-4-5-7-10(9)13-11/h4-7,12-13H,2-3,8H2,1H3. The molecule has 0 spiro atoms. The largest absolute Gasteiger partial charge is 0.408 e. The zero-order chi connectivity index (χ0) is 9.10. The predicted octanol–water partition coefficient (Wildman–Crippen LogP) is 2.81. The molecular formula is C10H15BN2. The number of para-hydroxylation sites is 2. The van der Waals surface area contributed by atoms with Crippen molar-refractivity contribution in [1.29, 1.82) is 0 Å². The van der Waals surface area contributed by atoms with Crippen LogP contribution in [-0.4, -0.2) is 6.98 Å². The van der Waals surface area contributed by atoms with Gasteiger partial charge in [-0.3, -0.25) is 0 Å². The quantitative estimate of drug-likeness (QED) is 0.688. The Balaban J connectivity index is 1.97. The van der Waals surface area contributed by atoms with E-state index in [1.54, 1.807) is 0 Å². The minimum atomic E-state index is 0.442. The third kappa shape index (κ3) is 1.79. The van der Waals surface area contributed by atoms with E-state index in [0.717, 1.165) is 0 Å². The lowest BCUT2D eigenvalue weighted by Gasteiger charge is -2.04. The molecule has 0 aliphatic carbocycles. The number of anilines is 2. The summed E-state index contributed by atoms with van der Waals surface area (Å²) in [5, 5.41) is 6.92. The summed E-state index contributed by atoms with van der Waals surface area (Å²) in [5.74, 6) is 0. The Bertz CT molecular complexity index is 263. The van der Waals surface area contributed by atoms with Crippen molar-refractivity contribution in [2.75, 3.05) is 10.5 Å². The first-order chi connectivity index (χ1) is 6.40. The molecule has 0 unspecified atom stereocenters. The number of nitrogens with one attached hydrogen (secondary N) is 2. The van der Waals surface area contributed by atoms with Crippen molar-refractivity contribution in [3.8, 4) is 0 Å². The topological polar surface area (TPSA) is 24.1 Å². The summed E-state index contributed by atoms with van der Waals surface area (Å²) in [7, 11) is 0. The number of rotatable bonds is 3. The maximum absolute atomic E-state index is 3.46. The zero-order valence-corrected chi connectivity index (χ0v) is 8.01. The molecule has 3 heteroatoms. The van der Waals surface area contributed by atoms with Gasteiger partial charge in [0.1, 0.15) is 0 Å². The normalized spacial score (nSPS) is 13.5. The van der Waals surface area contributed by atoms with Gasteiger partial charge in [-0.1, -0.05) is 31.9 Å². The molecule has 0 saturated heterocycles. The first-order valence-corrected chi connectivity index (χ1v) is 5.02. The van der Waals surface area contributed by atoms with Gasteiger partial charge in [0.15, 0.2) is 0 Å². The van der Waals surface area contributed by atoms with Crippen molar-refractivity contribution < 1.29 is 0 Å². The molecule has 2 nitrogen and oxygen atoms in total. The van der Waals surface area contributed by atoms with Crippen LogP contribution in [0, 0.1) is 0 Å². The number of hydrogen-bond donors (Lipinski definition) is 2. The van der Waals surface area contributed by atoms with Crippen LogP contribution < -0.4 is 10.5 Å². The van der Waals surface area contributed by atoms with Crippen LogP contribution in [0.4, 0.5) is 11.4 Å². The number of benzene rings is 1. The van der Waals surface area contributed by atoms with E-state index >= 15 is 0 Å². The molecule has 1 aliphatic heterocycles. The first kappa shape index (κ1) is 8.48. The SMILES string of the molecule is CCCCB1Nc2ccccc2N1. The zero-order valence-electron chi connectivity index (χ0n) is 8.01. The van der Waals surface area contributed by atoms with Crippen molar-refractivity contribution >= 4 is 18.4 Å². The average Bonchev–Trinajstić information content (AvgIpc) is 2.57. The first-order valence-electron chi connectivity index (χ1n) is 5.02. The van der Waals surface area contributed by atoms with Gasteiger partial charge >= 0.3 is 6.98 Å². The molecule has 2 rings (SSSR count). The van der Waals surface area contributed by atoms with Crippen LogP contribution in [0.5, 0.6) is 0 Å². The molecule has 0 fully saturated rings. The Labute approximate surface area is 79.9 Å². The summed E-state index contributed by atoms with van der Waals surface area (Å²) < 4.78 is 0. The van der Waals surface area contributed by atoms with Gasteiger partial charge in [0.25, 0.3) is 0 Å². The van der Waals surface area contributed by atoms with Crippen LogP contribution >= 0.6 is 0 Å². The van der Waals surface area contributed by atoms with E-state index < -0.39 is 0 Å². The number of unbranched alkanes of at least 4 members (excludes halogenated alkanes) is 1. The molecule has 1 heterocycles. The van der Waals surface area contributed by atoms with E-state index in [1.165, 1.54) is 30.5 Å². The molecule has 0 saturated carbocycles. The van der Waals surface area contributed by atoms with Crippen molar-refractivity contribution in [3.05, 3.63) is 24.3 Å². The van der Waals surface area contributed by atoms with E-state index in [0.29, 0.717) is 6.98 Å². The maximum Gasteiger partial charge on any atom is 0.370 e. The Morgan fingerprint density at radius 1 is 1.15 bits per heavy atom. The number of hydrogen-bond acceptors (Lipinski definition) is 2. The molecule has 0 atom stereocenters. The van der Waals surface area contributed by atoms with E-state index in [4.69, 9.17) is 0 Å². The molecule has 13 heavy (non-hydrogen) atoms. The van der Waals surface area contributed by atoms with Gasteiger partial charge in [-0.15, -0.1) is 0 Å². The van der Waals surface area contributed by atoms with Crippen molar-refractivity contribution in [2.24, 2.45) is 0 Å². The molecule has 0 aromatic heterocycles. The van der Waals surface area contributed by atoms with Gasteiger partial charge in [0.2, 0.25) is 0 Å². The highest BCUT2D eigenvalue weighted by Crippen LogP contribution is 2.27.